The van der Waals surface area contributed by atoms with Crippen LogP contribution in [0.15, 0.2) is 10.9 Å². The molecule has 1 saturated heterocycles. The molecule has 0 aromatic carbocycles. The number of hydrogen-bond acceptors (Lipinski definition) is 5. The molecule has 2 fully saturated rings. The van der Waals surface area contributed by atoms with E-state index in [0.29, 0.717) is 26.3 Å². The first kappa shape index (κ1) is 17.4. The maximum Gasteiger partial charge on any atom is 0.421 e. The molecule has 1 aromatic heterocycles. The van der Waals surface area contributed by atoms with Gasteiger partial charge >= 0.3 is 6.18 Å². The molecule has 0 amide bonds. The first-order chi connectivity index (χ1) is 11.3. The molecule has 1 atom stereocenters. The van der Waals surface area contributed by atoms with Crippen molar-refractivity contribution in [3.8, 4) is 0 Å². The lowest BCUT2D eigenvalue weighted by Gasteiger charge is -2.28. The zero-order valence-electron chi connectivity index (χ0n) is 13.1. The number of alkyl halides is 3. The minimum atomic E-state index is -4.72. The van der Waals surface area contributed by atoms with Gasteiger partial charge in [0.1, 0.15) is 5.56 Å². The third-order valence-electron chi connectivity index (χ3n) is 4.25. The Morgan fingerprint density at radius 3 is 2.54 bits per heavy atom. The van der Waals surface area contributed by atoms with Crippen LogP contribution < -0.4 is 5.56 Å². The van der Waals surface area contributed by atoms with Gasteiger partial charge in [0, 0.05) is 25.6 Å². The van der Waals surface area contributed by atoms with Gasteiger partial charge in [0.25, 0.3) is 5.56 Å². The fourth-order valence-corrected chi connectivity index (χ4v) is 2.81. The van der Waals surface area contributed by atoms with Crippen LogP contribution in [0.25, 0.3) is 0 Å². The van der Waals surface area contributed by atoms with Gasteiger partial charge in [-0.2, -0.15) is 18.3 Å². The van der Waals surface area contributed by atoms with E-state index in [-0.39, 0.29) is 24.7 Å². The number of halogens is 3. The number of aliphatic hydroxyl groups is 1. The van der Waals surface area contributed by atoms with Crippen LogP contribution in [0.3, 0.4) is 0 Å². The van der Waals surface area contributed by atoms with E-state index >= 15 is 0 Å². The van der Waals surface area contributed by atoms with Gasteiger partial charge in [-0.1, -0.05) is 0 Å². The van der Waals surface area contributed by atoms with Crippen LogP contribution in [0.4, 0.5) is 13.2 Å². The van der Waals surface area contributed by atoms with E-state index in [1.54, 1.807) is 0 Å². The summed E-state index contributed by atoms with van der Waals surface area (Å²) in [6, 6.07) is 0.852. The largest absolute Gasteiger partial charge is 0.421 e. The monoisotopic (exact) mass is 347 g/mol. The van der Waals surface area contributed by atoms with Crippen molar-refractivity contribution in [3.05, 3.63) is 27.7 Å². The van der Waals surface area contributed by atoms with Crippen LogP contribution in [-0.2, 0) is 17.5 Å². The molecule has 1 aromatic rings. The first-order valence-corrected chi connectivity index (χ1v) is 8.02. The zero-order chi connectivity index (χ0) is 17.3. The van der Waals surface area contributed by atoms with E-state index in [1.165, 1.54) is 0 Å². The second kappa shape index (κ2) is 6.81. The standard InChI is InChI=1S/C15H20F3N3O3/c16-15(17,18)12-7-13(10-1-2-10)19-21(14(12)23)9-11(22)8-20-3-5-24-6-4-20/h7,10-11,22H,1-6,8-9H2/t11-/m0/s1. The normalized spacial score (nSPS) is 21.0. The summed E-state index contributed by atoms with van der Waals surface area (Å²) in [5.74, 6) is -0.0191. The quantitative estimate of drug-likeness (QED) is 0.855. The second-order valence-electron chi connectivity index (χ2n) is 6.31. The molecule has 2 aliphatic rings. The molecule has 24 heavy (non-hydrogen) atoms. The van der Waals surface area contributed by atoms with Crippen LogP contribution >= 0.6 is 0 Å². The number of ether oxygens (including phenoxy) is 1. The van der Waals surface area contributed by atoms with Crippen LogP contribution in [0.1, 0.15) is 30.0 Å². The summed E-state index contributed by atoms with van der Waals surface area (Å²) < 4.78 is 45.2. The molecule has 9 heteroatoms. The summed E-state index contributed by atoms with van der Waals surface area (Å²) in [7, 11) is 0. The molecule has 1 saturated carbocycles. The molecule has 134 valence electrons. The number of aliphatic hydroxyl groups excluding tert-OH is 1. The average molecular weight is 347 g/mol. The van der Waals surface area contributed by atoms with Crippen molar-refractivity contribution >= 4 is 0 Å². The maximum atomic E-state index is 13.1. The minimum absolute atomic E-state index is 0.0191. The maximum absolute atomic E-state index is 13.1. The van der Waals surface area contributed by atoms with Crippen molar-refractivity contribution in [2.45, 2.75) is 37.6 Å². The first-order valence-electron chi connectivity index (χ1n) is 8.02. The van der Waals surface area contributed by atoms with E-state index in [4.69, 9.17) is 4.74 Å². The highest BCUT2D eigenvalue weighted by atomic mass is 19.4. The van der Waals surface area contributed by atoms with Gasteiger partial charge in [0.05, 0.1) is 31.6 Å². The Labute approximate surface area is 136 Å². The van der Waals surface area contributed by atoms with Crippen molar-refractivity contribution < 1.29 is 23.0 Å². The lowest BCUT2D eigenvalue weighted by atomic mass is 10.2. The highest BCUT2D eigenvalue weighted by Gasteiger charge is 2.37. The summed E-state index contributed by atoms with van der Waals surface area (Å²) in [5, 5.41) is 14.2. The van der Waals surface area contributed by atoms with Crippen molar-refractivity contribution in [1.82, 2.24) is 14.7 Å². The smallest absolute Gasteiger partial charge is 0.390 e. The van der Waals surface area contributed by atoms with E-state index < -0.39 is 23.4 Å². The van der Waals surface area contributed by atoms with Gasteiger partial charge in [0.15, 0.2) is 0 Å². The molecule has 6 nitrogen and oxygen atoms in total. The Morgan fingerprint density at radius 1 is 1.29 bits per heavy atom. The number of nitrogens with zero attached hydrogens (tertiary/aromatic N) is 3. The minimum Gasteiger partial charge on any atom is -0.390 e. The van der Waals surface area contributed by atoms with E-state index in [2.05, 4.69) is 5.10 Å². The van der Waals surface area contributed by atoms with Crippen molar-refractivity contribution in [3.63, 3.8) is 0 Å². The Morgan fingerprint density at radius 2 is 1.96 bits per heavy atom. The second-order valence-corrected chi connectivity index (χ2v) is 6.31. The van der Waals surface area contributed by atoms with Crippen molar-refractivity contribution in [1.29, 1.82) is 0 Å². The molecule has 1 aliphatic carbocycles. The van der Waals surface area contributed by atoms with Crippen LogP contribution in [0.5, 0.6) is 0 Å². The SMILES string of the molecule is O=c1c(C(F)(F)F)cc(C2CC2)nn1C[C@@H](O)CN1CCOCC1. The molecule has 0 spiro atoms. The molecule has 0 unspecified atom stereocenters. The summed E-state index contributed by atoms with van der Waals surface area (Å²) in [6.45, 7) is 2.43. The van der Waals surface area contributed by atoms with E-state index in [0.717, 1.165) is 23.6 Å². The van der Waals surface area contributed by atoms with Gasteiger partial charge in [-0.25, -0.2) is 4.68 Å². The molecule has 3 rings (SSSR count). The average Bonchev–Trinajstić information content (AvgIpc) is 3.34. The summed E-state index contributed by atoms with van der Waals surface area (Å²) >= 11 is 0. The fourth-order valence-electron chi connectivity index (χ4n) is 2.81. The van der Waals surface area contributed by atoms with Crippen molar-refractivity contribution in [2.24, 2.45) is 0 Å². The van der Waals surface area contributed by atoms with Crippen LogP contribution in [0.2, 0.25) is 0 Å². The highest BCUT2D eigenvalue weighted by Crippen LogP contribution is 2.40. The van der Waals surface area contributed by atoms with Gasteiger partial charge in [0.2, 0.25) is 0 Å². The number of hydrogen-bond donors (Lipinski definition) is 1. The topological polar surface area (TPSA) is 67.6 Å². The molecule has 1 aliphatic heterocycles. The fraction of sp³-hybridized carbons (Fsp3) is 0.733. The van der Waals surface area contributed by atoms with Gasteiger partial charge in [-0.05, 0) is 18.9 Å². The highest BCUT2D eigenvalue weighted by molar-refractivity contribution is 5.22. The molecule has 0 radical (unpaired) electrons. The third-order valence-corrected chi connectivity index (χ3v) is 4.25. The summed E-state index contributed by atoms with van der Waals surface area (Å²) in [6.07, 6.45) is -4.14. The number of morpholine rings is 1. The van der Waals surface area contributed by atoms with Gasteiger partial charge in [-0.15, -0.1) is 0 Å². The Hall–Kier alpha value is -1.45. The number of rotatable bonds is 5. The molecular formula is C15H20F3N3O3. The summed E-state index contributed by atoms with van der Waals surface area (Å²) in [5.41, 5.74) is -2.13. The summed E-state index contributed by atoms with van der Waals surface area (Å²) in [4.78, 5) is 14.0. The predicted octanol–water partition coefficient (Wildman–Crippen LogP) is 0.833. The lowest BCUT2D eigenvalue weighted by Crippen LogP contribution is -2.43. The third kappa shape index (κ3) is 4.14. The van der Waals surface area contributed by atoms with Crippen molar-refractivity contribution in [2.75, 3.05) is 32.8 Å². The van der Waals surface area contributed by atoms with Crippen LogP contribution in [-0.4, -0.2) is 58.7 Å². The Bertz CT molecular complexity index is 637. The molecule has 0 bridgehead atoms. The van der Waals surface area contributed by atoms with E-state index in [9.17, 15) is 23.1 Å². The Balaban J connectivity index is 1.78. The number of β-amino-alcohol motifs (C(OH)–C–C–N with tert-alkyl or cyclic N) is 1. The molecule has 1 N–H and O–H groups in total. The zero-order valence-corrected chi connectivity index (χ0v) is 13.1. The van der Waals surface area contributed by atoms with Crippen LogP contribution in [0, 0.1) is 0 Å². The van der Waals surface area contributed by atoms with Gasteiger partial charge < -0.3 is 9.84 Å². The molecule has 2 heterocycles. The van der Waals surface area contributed by atoms with E-state index in [1.807, 2.05) is 4.90 Å². The van der Waals surface area contributed by atoms with Gasteiger partial charge in [-0.3, -0.25) is 9.69 Å². The number of aromatic nitrogens is 2. The lowest BCUT2D eigenvalue weighted by molar-refractivity contribution is -0.139. The Kier molecular flexibility index (Phi) is 4.93. The predicted molar refractivity (Wildman–Crippen MR) is 78.7 cm³/mol. The molecular weight excluding hydrogens is 327 g/mol.